The zero-order valence-corrected chi connectivity index (χ0v) is 17.4. The molecule has 0 N–H and O–H groups in total. The van der Waals surface area contributed by atoms with Gasteiger partial charge in [-0.05, 0) is 32.0 Å². The zero-order valence-electron chi connectivity index (χ0n) is 17.4. The Morgan fingerprint density at radius 1 is 1.03 bits per heavy atom. The molecule has 2 heterocycles. The van der Waals surface area contributed by atoms with E-state index in [4.69, 9.17) is 4.74 Å². The maximum absolute atomic E-state index is 12.9. The summed E-state index contributed by atoms with van der Waals surface area (Å²) in [5, 5.41) is 4.43. The van der Waals surface area contributed by atoms with Crippen molar-refractivity contribution >= 4 is 23.2 Å². The monoisotopic (exact) mass is 414 g/mol. The van der Waals surface area contributed by atoms with Gasteiger partial charge in [-0.2, -0.15) is 5.10 Å². The molecule has 2 aromatic heterocycles. The Morgan fingerprint density at radius 2 is 1.84 bits per heavy atom. The van der Waals surface area contributed by atoms with Crippen LogP contribution < -0.4 is 4.90 Å². The minimum atomic E-state index is -0.392. The van der Waals surface area contributed by atoms with Gasteiger partial charge in [0.05, 0.1) is 24.1 Å². The second-order valence-corrected chi connectivity index (χ2v) is 6.81. The zero-order chi connectivity index (χ0) is 21.8. The van der Waals surface area contributed by atoms with Gasteiger partial charge in [-0.25, -0.2) is 14.3 Å². The summed E-state index contributed by atoms with van der Waals surface area (Å²) in [5.74, 6) is -0.131. The van der Waals surface area contributed by atoms with E-state index in [2.05, 4.69) is 10.1 Å². The Labute approximate surface area is 179 Å². The van der Waals surface area contributed by atoms with Gasteiger partial charge in [-0.15, -0.1) is 0 Å². The molecule has 0 saturated heterocycles. The van der Waals surface area contributed by atoms with Crippen molar-refractivity contribution in [2.24, 2.45) is 0 Å². The summed E-state index contributed by atoms with van der Waals surface area (Å²) in [7, 11) is 0. The van der Waals surface area contributed by atoms with Crippen molar-refractivity contribution in [1.82, 2.24) is 14.6 Å². The molecule has 0 spiro atoms. The lowest BCUT2D eigenvalue weighted by atomic mass is 10.1. The molecule has 0 bridgehead atoms. The van der Waals surface area contributed by atoms with E-state index in [9.17, 15) is 9.59 Å². The average molecular weight is 414 g/mol. The Bertz CT molecular complexity index is 1230. The lowest BCUT2D eigenvalue weighted by Crippen LogP contribution is -2.31. The molecule has 0 aliphatic carbocycles. The smallest absolute Gasteiger partial charge is 0.414 e. The number of carbonyl (C=O) groups excluding carboxylic acids is 2. The molecule has 7 nitrogen and oxygen atoms in total. The van der Waals surface area contributed by atoms with E-state index in [0.717, 1.165) is 16.9 Å². The highest BCUT2D eigenvalue weighted by Gasteiger charge is 2.19. The van der Waals surface area contributed by atoms with E-state index in [-0.39, 0.29) is 5.78 Å². The summed E-state index contributed by atoms with van der Waals surface area (Å²) in [4.78, 5) is 31.2. The van der Waals surface area contributed by atoms with Gasteiger partial charge in [0.1, 0.15) is 0 Å². The molecule has 7 heteroatoms. The van der Waals surface area contributed by atoms with Crippen molar-refractivity contribution < 1.29 is 14.3 Å². The molecule has 0 unspecified atom stereocenters. The van der Waals surface area contributed by atoms with Crippen LogP contribution in [0.1, 0.15) is 29.8 Å². The minimum absolute atomic E-state index is 0.131. The third kappa shape index (κ3) is 3.90. The molecule has 4 rings (SSSR count). The molecule has 0 aliphatic rings. The topological polar surface area (TPSA) is 76.8 Å². The van der Waals surface area contributed by atoms with E-state index in [1.54, 1.807) is 40.9 Å². The number of anilines is 1. The third-order valence-electron chi connectivity index (χ3n) is 4.94. The number of benzene rings is 2. The molecule has 0 radical (unpaired) electrons. The standard InChI is InChI=1S/C24H22N4O3/c1-3-27(24(30)31-4-2)19-12-8-11-18(15-19)21-13-14-25-23-20(16-26-28(21)23)22(29)17-9-6-5-7-10-17/h5-16H,3-4H2,1-2H3. The summed E-state index contributed by atoms with van der Waals surface area (Å²) in [5.41, 5.74) is 3.82. The van der Waals surface area contributed by atoms with Crippen LogP contribution in [-0.2, 0) is 4.74 Å². The van der Waals surface area contributed by atoms with Gasteiger partial charge in [0, 0.05) is 29.6 Å². The minimum Gasteiger partial charge on any atom is -0.449 e. The molecule has 2 aromatic carbocycles. The quantitative estimate of drug-likeness (QED) is 0.431. The highest BCUT2D eigenvalue weighted by molar-refractivity contribution is 6.12. The SMILES string of the molecule is CCOC(=O)N(CC)c1cccc(-c2ccnc3c(C(=O)c4ccccc4)cnn23)c1. The fraction of sp³-hybridized carbons (Fsp3) is 0.167. The predicted octanol–water partition coefficient (Wildman–Crippen LogP) is 4.61. The number of nitrogens with zero attached hydrogens (tertiary/aromatic N) is 4. The normalized spacial score (nSPS) is 10.8. The number of ketones is 1. The molecule has 0 atom stereocenters. The maximum Gasteiger partial charge on any atom is 0.414 e. The first kappa shape index (κ1) is 20.3. The van der Waals surface area contributed by atoms with Gasteiger partial charge >= 0.3 is 6.09 Å². The Hall–Kier alpha value is -4.00. The van der Waals surface area contributed by atoms with E-state index in [1.807, 2.05) is 55.5 Å². The molecule has 156 valence electrons. The first-order valence-electron chi connectivity index (χ1n) is 10.1. The van der Waals surface area contributed by atoms with Gasteiger partial charge < -0.3 is 4.74 Å². The second kappa shape index (κ2) is 8.79. The van der Waals surface area contributed by atoms with Crippen molar-refractivity contribution in [3.05, 3.63) is 84.2 Å². The largest absolute Gasteiger partial charge is 0.449 e. The summed E-state index contributed by atoms with van der Waals surface area (Å²) in [6.07, 6.45) is 2.81. The van der Waals surface area contributed by atoms with Crippen LogP contribution in [0.2, 0.25) is 0 Å². The van der Waals surface area contributed by atoms with Crippen molar-refractivity contribution in [3.8, 4) is 11.3 Å². The van der Waals surface area contributed by atoms with E-state index in [1.165, 1.54) is 0 Å². The Balaban J connectivity index is 1.75. The first-order chi connectivity index (χ1) is 15.1. The number of carbonyl (C=O) groups is 2. The number of amides is 1. The van der Waals surface area contributed by atoms with Gasteiger partial charge in [0.15, 0.2) is 11.4 Å². The fourth-order valence-corrected chi connectivity index (χ4v) is 3.47. The van der Waals surface area contributed by atoms with E-state index < -0.39 is 6.09 Å². The van der Waals surface area contributed by atoms with Crippen LogP contribution in [0.25, 0.3) is 16.9 Å². The first-order valence-corrected chi connectivity index (χ1v) is 10.1. The van der Waals surface area contributed by atoms with Gasteiger partial charge in [0.2, 0.25) is 0 Å². The van der Waals surface area contributed by atoms with E-state index in [0.29, 0.717) is 29.9 Å². The number of hydrogen-bond acceptors (Lipinski definition) is 5. The van der Waals surface area contributed by atoms with Crippen molar-refractivity contribution in [2.75, 3.05) is 18.1 Å². The average Bonchev–Trinajstić information content (AvgIpc) is 3.24. The van der Waals surface area contributed by atoms with Crippen LogP contribution in [0.5, 0.6) is 0 Å². The number of rotatable bonds is 6. The molecule has 4 aromatic rings. The Kier molecular flexibility index (Phi) is 5.75. The van der Waals surface area contributed by atoms with Gasteiger partial charge in [0.25, 0.3) is 0 Å². The van der Waals surface area contributed by atoms with Crippen LogP contribution in [0.4, 0.5) is 10.5 Å². The van der Waals surface area contributed by atoms with Crippen LogP contribution in [0.3, 0.4) is 0 Å². The highest BCUT2D eigenvalue weighted by Crippen LogP contribution is 2.26. The number of hydrogen-bond donors (Lipinski definition) is 0. The summed E-state index contributed by atoms with van der Waals surface area (Å²) in [6.45, 7) is 4.46. The molecular weight excluding hydrogens is 392 g/mol. The molecule has 1 amide bonds. The lowest BCUT2D eigenvalue weighted by Gasteiger charge is -2.20. The predicted molar refractivity (Wildman–Crippen MR) is 118 cm³/mol. The number of ether oxygens (including phenoxy) is 1. The lowest BCUT2D eigenvalue weighted by molar-refractivity contribution is 0.104. The van der Waals surface area contributed by atoms with Crippen LogP contribution >= 0.6 is 0 Å². The molecule has 0 fully saturated rings. The van der Waals surface area contributed by atoms with Crippen LogP contribution in [0, 0.1) is 0 Å². The second-order valence-electron chi connectivity index (χ2n) is 6.81. The highest BCUT2D eigenvalue weighted by atomic mass is 16.6. The van der Waals surface area contributed by atoms with Crippen molar-refractivity contribution in [1.29, 1.82) is 0 Å². The number of aromatic nitrogens is 3. The molecule has 0 saturated carbocycles. The Morgan fingerprint density at radius 3 is 2.58 bits per heavy atom. The molecule has 31 heavy (non-hydrogen) atoms. The molecular formula is C24H22N4O3. The van der Waals surface area contributed by atoms with Crippen molar-refractivity contribution in [2.45, 2.75) is 13.8 Å². The van der Waals surface area contributed by atoms with Gasteiger partial charge in [-0.1, -0.05) is 42.5 Å². The maximum atomic E-state index is 12.9. The van der Waals surface area contributed by atoms with E-state index >= 15 is 0 Å². The molecule has 0 aliphatic heterocycles. The van der Waals surface area contributed by atoms with Crippen LogP contribution in [-0.4, -0.2) is 39.6 Å². The van der Waals surface area contributed by atoms with Crippen molar-refractivity contribution in [3.63, 3.8) is 0 Å². The summed E-state index contributed by atoms with van der Waals surface area (Å²) >= 11 is 0. The van der Waals surface area contributed by atoms with Gasteiger partial charge in [-0.3, -0.25) is 9.69 Å². The van der Waals surface area contributed by atoms with Crippen LogP contribution in [0.15, 0.2) is 73.1 Å². The summed E-state index contributed by atoms with van der Waals surface area (Å²) < 4.78 is 6.81. The fourth-order valence-electron chi connectivity index (χ4n) is 3.47. The summed E-state index contributed by atoms with van der Waals surface area (Å²) in [6, 6.07) is 18.4. The third-order valence-corrected chi connectivity index (χ3v) is 4.94. The number of fused-ring (bicyclic) bond motifs is 1.